The number of nitrogens with zero attached hydrogens (tertiary/aromatic N) is 1. The van der Waals surface area contributed by atoms with Crippen molar-refractivity contribution in [2.45, 2.75) is 59.5 Å². The van der Waals surface area contributed by atoms with Crippen molar-refractivity contribution in [2.75, 3.05) is 7.05 Å². The molecule has 0 aromatic carbocycles. The third-order valence-corrected chi connectivity index (χ3v) is 3.01. The van der Waals surface area contributed by atoms with Gasteiger partial charge in [-0.25, -0.2) is 0 Å². The minimum Gasteiger partial charge on any atom is -0.301 e. The second kappa shape index (κ2) is 5.58. The molecule has 74 valence electrons. The molecule has 1 heteroatoms. The van der Waals surface area contributed by atoms with Gasteiger partial charge in [0.2, 0.25) is 0 Å². The van der Waals surface area contributed by atoms with Crippen LogP contribution in [0.1, 0.15) is 47.5 Å². The number of hydrogen-bond donors (Lipinski definition) is 0. The summed E-state index contributed by atoms with van der Waals surface area (Å²) >= 11 is 0. The molecule has 0 aromatic heterocycles. The summed E-state index contributed by atoms with van der Waals surface area (Å²) in [5.74, 6) is 0.759. The summed E-state index contributed by atoms with van der Waals surface area (Å²) in [6.07, 6.45) is 2.60. The highest BCUT2D eigenvalue weighted by molar-refractivity contribution is 4.71. The summed E-state index contributed by atoms with van der Waals surface area (Å²) < 4.78 is 0. The van der Waals surface area contributed by atoms with Crippen molar-refractivity contribution < 1.29 is 0 Å². The van der Waals surface area contributed by atoms with E-state index in [-0.39, 0.29) is 0 Å². The number of hydrogen-bond acceptors (Lipinski definition) is 1. The Kier molecular flexibility index (Phi) is 5.56. The molecule has 0 heterocycles. The summed E-state index contributed by atoms with van der Waals surface area (Å²) in [5.41, 5.74) is 0. The minimum absolute atomic E-state index is 0.701. The fourth-order valence-electron chi connectivity index (χ4n) is 1.49. The SMILES string of the molecule is CCCC(C)N(C)C(C)C(C)C. The van der Waals surface area contributed by atoms with Crippen molar-refractivity contribution in [3.8, 4) is 0 Å². The van der Waals surface area contributed by atoms with Crippen LogP contribution < -0.4 is 0 Å². The molecule has 0 amide bonds. The third-order valence-electron chi connectivity index (χ3n) is 3.01. The van der Waals surface area contributed by atoms with Crippen LogP contribution in [0.4, 0.5) is 0 Å². The van der Waals surface area contributed by atoms with Crippen LogP contribution in [-0.2, 0) is 0 Å². The Morgan fingerprint density at radius 3 is 1.92 bits per heavy atom. The van der Waals surface area contributed by atoms with E-state index in [9.17, 15) is 0 Å². The zero-order valence-electron chi connectivity index (χ0n) is 9.59. The maximum atomic E-state index is 2.49. The van der Waals surface area contributed by atoms with Crippen LogP contribution in [0.15, 0.2) is 0 Å². The molecule has 12 heavy (non-hydrogen) atoms. The Balaban J connectivity index is 3.90. The largest absolute Gasteiger partial charge is 0.301 e. The Labute approximate surface area is 78.1 Å². The molecule has 0 saturated carbocycles. The molecule has 0 aromatic rings. The topological polar surface area (TPSA) is 3.24 Å². The molecule has 0 aliphatic rings. The molecular weight excluding hydrogens is 146 g/mol. The van der Waals surface area contributed by atoms with Crippen molar-refractivity contribution in [2.24, 2.45) is 5.92 Å². The van der Waals surface area contributed by atoms with Gasteiger partial charge in [0.25, 0.3) is 0 Å². The van der Waals surface area contributed by atoms with E-state index in [0.717, 1.165) is 12.0 Å². The van der Waals surface area contributed by atoms with Gasteiger partial charge in [-0.05, 0) is 33.2 Å². The van der Waals surface area contributed by atoms with Gasteiger partial charge in [0.15, 0.2) is 0 Å². The first kappa shape index (κ1) is 12.0. The lowest BCUT2D eigenvalue weighted by Gasteiger charge is -2.33. The van der Waals surface area contributed by atoms with Crippen molar-refractivity contribution in [3.05, 3.63) is 0 Å². The first-order valence-corrected chi connectivity index (χ1v) is 5.22. The van der Waals surface area contributed by atoms with E-state index in [1.54, 1.807) is 0 Å². The first-order valence-electron chi connectivity index (χ1n) is 5.22. The molecule has 0 spiro atoms. The average molecular weight is 171 g/mol. The molecule has 2 unspecified atom stereocenters. The van der Waals surface area contributed by atoms with Crippen LogP contribution in [0.3, 0.4) is 0 Å². The normalized spacial score (nSPS) is 17.0. The summed E-state index contributed by atoms with van der Waals surface area (Å²) in [6, 6.07) is 1.43. The van der Waals surface area contributed by atoms with E-state index in [0.29, 0.717) is 6.04 Å². The predicted molar refractivity (Wildman–Crippen MR) is 56.4 cm³/mol. The third kappa shape index (κ3) is 3.57. The maximum Gasteiger partial charge on any atom is 0.00896 e. The van der Waals surface area contributed by atoms with E-state index >= 15 is 0 Å². The zero-order chi connectivity index (χ0) is 9.72. The van der Waals surface area contributed by atoms with Gasteiger partial charge in [-0.2, -0.15) is 0 Å². The average Bonchev–Trinajstić information content (AvgIpc) is 2.02. The molecule has 0 bridgehead atoms. The van der Waals surface area contributed by atoms with E-state index in [2.05, 4.69) is 46.6 Å². The highest BCUT2D eigenvalue weighted by Crippen LogP contribution is 2.13. The molecule has 0 aliphatic carbocycles. The standard InChI is InChI=1S/C11H25N/c1-7-8-10(4)12(6)11(5)9(2)3/h9-11H,7-8H2,1-6H3. The maximum absolute atomic E-state index is 2.49. The summed E-state index contributed by atoms with van der Waals surface area (Å²) in [7, 11) is 2.24. The van der Waals surface area contributed by atoms with Crippen molar-refractivity contribution in [1.82, 2.24) is 4.90 Å². The van der Waals surface area contributed by atoms with Crippen molar-refractivity contribution >= 4 is 0 Å². The van der Waals surface area contributed by atoms with Gasteiger partial charge in [-0.1, -0.05) is 27.2 Å². The van der Waals surface area contributed by atoms with E-state index in [1.807, 2.05) is 0 Å². The molecule has 0 rings (SSSR count). The first-order chi connectivity index (χ1) is 5.50. The molecule has 0 radical (unpaired) electrons. The van der Waals surface area contributed by atoms with E-state index < -0.39 is 0 Å². The highest BCUT2D eigenvalue weighted by Gasteiger charge is 2.17. The van der Waals surface area contributed by atoms with Gasteiger partial charge in [0, 0.05) is 12.1 Å². The second-order valence-electron chi connectivity index (χ2n) is 4.29. The lowest BCUT2D eigenvalue weighted by atomic mass is 10.0. The van der Waals surface area contributed by atoms with Crippen molar-refractivity contribution in [3.63, 3.8) is 0 Å². The second-order valence-corrected chi connectivity index (χ2v) is 4.29. The van der Waals surface area contributed by atoms with Gasteiger partial charge in [-0.3, -0.25) is 0 Å². The molecular formula is C11H25N. The van der Waals surface area contributed by atoms with Gasteiger partial charge in [0.05, 0.1) is 0 Å². The van der Waals surface area contributed by atoms with Crippen LogP contribution in [0.25, 0.3) is 0 Å². The van der Waals surface area contributed by atoms with Crippen LogP contribution in [0.2, 0.25) is 0 Å². The van der Waals surface area contributed by atoms with Crippen molar-refractivity contribution in [1.29, 1.82) is 0 Å². The summed E-state index contributed by atoms with van der Waals surface area (Å²) in [4.78, 5) is 2.49. The fraction of sp³-hybridized carbons (Fsp3) is 1.00. The zero-order valence-corrected chi connectivity index (χ0v) is 9.59. The van der Waals surface area contributed by atoms with Crippen LogP contribution in [-0.4, -0.2) is 24.0 Å². The summed E-state index contributed by atoms with van der Waals surface area (Å²) in [6.45, 7) is 11.5. The monoisotopic (exact) mass is 171 g/mol. The van der Waals surface area contributed by atoms with E-state index in [1.165, 1.54) is 12.8 Å². The Morgan fingerprint density at radius 2 is 1.58 bits per heavy atom. The molecule has 0 aliphatic heterocycles. The van der Waals surface area contributed by atoms with Gasteiger partial charge in [0.1, 0.15) is 0 Å². The quantitative estimate of drug-likeness (QED) is 0.614. The smallest absolute Gasteiger partial charge is 0.00896 e. The van der Waals surface area contributed by atoms with E-state index in [4.69, 9.17) is 0 Å². The molecule has 1 nitrogen and oxygen atoms in total. The molecule has 0 N–H and O–H groups in total. The minimum atomic E-state index is 0.701. The van der Waals surface area contributed by atoms with Gasteiger partial charge < -0.3 is 4.90 Å². The molecule has 0 fully saturated rings. The predicted octanol–water partition coefficient (Wildman–Crippen LogP) is 3.15. The Morgan fingerprint density at radius 1 is 1.08 bits per heavy atom. The Hall–Kier alpha value is -0.0400. The number of rotatable bonds is 5. The lowest BCUT2D eigenvalue weighted by Crippen LogP contribution is -2.39. The fourth-order valence-corrected chi connectivity index (χ4v) is 1.49. The molecule has 2 atom stereocenters. The van der Waals surface area contributed by atoms with Crippen LogP contribution in [0, 0.1) is 5.92 Å². The lowest BCUT2D eigenvalue weighted by molar-refractivity contribution is 0.151. The van der Waals surface area contributed by atoms with Gasteiger partial charge in [-0.15, -0.1) is 0 Å². The van der Waals surface area contributed by atoms with Gasteiger partial charge >= 0.3 is 0 Å². The molecule has 0 saturated heterocycles. The highest BCUT2D eigenvalue weighted by atomic mass is 15.1. The Bertz CT molecular complexity index is 110. The van der Waals surface area contributed by atoms with Crippen LogP contribution >= 0.6 is 0 Å². The summed E-state index contributed by atoms with van der Waals surface area (Å²) in [5, 5.41) is 0. The van der Waals surface area contributed by atoms with Crippen LogP contribution in [0.5, 0.6) is 0 Å².